The number of pyridine rings is 1. The number of nitrogens with zero attached hydrogens (tertiary/aromatic N) is 1. The molecule has 0 amide bonds. The van der Waals surface area contributed by atoms with Crippen LogP contribution in [0.1, 0.15) is 28.5 Å². The molecule has 1 N–H and O–H groups in total. The van der Waals surface area contributed by atoms with Crippen molar-refractivity contribution in [3.05, 3.63) is 71.4 Å². The molecule has 4 heteroatoms. The third-order valence-electron chi connectivity index (χ3n) is 3.59. The van der Waals surface area contributed by atoms with E-state index in [1.807, 2.05) is 49.4 Å². The molecule has 1 aromatic heterocycles. The van der Waals surface area contributed by atoms with Gasteiger partial charge in [-0.05, 0) is 42.8 Å². The van der Waals surface area contributed by atoms with Gasteiger partial charge in [0.2, 0.25) is 0 Å². The number of carboxylic acid groups (broad SMARTS) is 1. The highest BCUT2D eigenvalue weighted by Gasteiger charge is 2.12. The van der Waals surface area contributed by atoms with Gasteiger partial charge in [-0.1, -0.05) is 36.4 Å². The van der Waals surface area contributed by atoms with Crippen LogP contribution < -0.4 is 4.74 Å². The van der Waals surface area contributed by atoms with Crippen molar-refractivity contribution in [2.75, 3.05) is 6.61 Å². The largest absolute Gasteiger partial charge is 0.494 e. The topological polar surface area (TPSA) is 59.4 Å². The fraction of sp³-hybridized carbons (Fsp3) is 0.100. The van der Waals surface area contributed by atoms with Gasteiger partial charge in [0.15, 0.2) is 0 Å². The molecule has 0 radical (unpaired) electrons. The molecular formula is C20H17NO3. The summed E-state index contributed by atoms with van der Waals surface area (Å²) in [5, 5.41) is 10.1. The minimum atomic E-state index is -0.981. The number of carbonyl (C=O) groups is 1. The highest BCUT2D eigenvalue weighted by atomic mass is 16.5. The van der Waals surface area contributed by atoms with E-state index in [2.05, 4.69) is 4.98 Å². The summed E-state index contributed by atoms with van der Waals surface area (Å²) < 4.78 is 5.45. The molecule has 4 nitrogen and oxygen atoms in total. The average molecular weight is 319 g/mol. The molecule has 3 rings (SSSR count). The first-order valence-corrected chi connectivity index (χ1v) is 7.71. The summed E-state index contributed by atoms with van der Waals surface area (Å²) >= 11 is 0. The van der Waals surface area contributed by atoms with Gasteiger partial charge < -0.3 is 9.84 Å². The first-order valence-electron chi connectivity index (χ1n) is 7.71. The lowest BCUT2D eigenvalue weighted by Gasteiger charge is -2.08. The number of aromatic carboxylic acids is 1. The van der Waals surface area contributed by atoms with Gasteiger partial charge in [0.25, 0.3) is 0 Å². The number of benzene rings is 2. The number of fused-ring (bicyclic) bond motifs is 1. The van der Waals surface area contributed by atoms with Gasteiger partial charge in [-0.15, -0.1) is 0 Å². The maximum Gasteiger partial charge on any atom is 0.336 e. The van der Waals surface area contributed by atoms with E-state index in [0.717, 1.165) is 5.56 Å². The van der Waals surface area contributed by atoms with Gasteiger partial charge >= 0.3 is 5.97 Å². The van der Waals surface area contributed by atoms with Gasteiger partial charge in [0.1, 0.15) is 5.75 Å². The predicted octanol–water partition coefficient (Wildman–Crippen LogP) is 4.50. The van der Waals surface area contributed by atoms with Crippen LogP contribution in [0.4, 0.5) is 0 Å². The first-order chi connectivity index (χ1) is 11.7. The number of hydrogen-bond donors (Lipinski definition) is 1. The SMILES string of the molecule is CCOc1ccc2nc(/C=C/c3ccccc3)cc(C(=O)O)c2c1. The Morgan fingerprint density at radius 1 is 1.12 bits per heavy atom. The Balaban J connectivity index is 2.06. The lowest BCUT2D eigenvalue weighted by molar-refractivity contribution is 0.0699. The molecule has 0 aliphatic rings. The summed E-state index contributed by atoms with van der Waals surface area (Å²) in [6, 6.07) is 16.7. The molecule has 0 bridgehead atoms. The minimum absolute atomic E-state index is 0.217. The second-order valence-corrected chi connectivity index (χ2v) is 5.26. The van der Waals surface area contributed by atoms with Crippen LogP contribution in [-0.2, 0) is 0 Å². The molecule has 0 aliphatic heterocycles. The molecule has 0 fully saturated rings. The molecule has 0 saturated carbocycles. The van der Waals surface area contributed by atoms with Crippen LogP contribution in [0.5, 0.6) is 5.75 Å². The van der Waals surface area contributed by atoms with Gasteiger partial charge in [-0.25, -0.2) is 9.78 Å². The zero-order chi connectivity index (χ0) is 16.9. The summed E-state index contributed by atoms with van der Waals surface area (Å²) in [6.07, 6.45) is 3.73. The van der Waals surface area contributed by atoms with Crippen LogP contribution in [-0.4, -0.2) is 22.7 Å². The van der Waals surface area contributed by atoms with Crippen molar-refractivity contribution < 1.29 is 14.6 Å². The predicted molar refractivity (Wildman–Crippen MR) is 95.2 cm³/mol. The molecule has 0 saturated heterocycles. The number of hydrogen-bond acceptors (Lipinski definition) is 3. The van der Waals surface area contributed by atoms with E-state index in [9.17, 15) is 9.90 Å². The van der Waals surface area contributed by atoms with E-state index in [1.54, 1.807) is 24.3 Å². The zero-order valence-electron chi connectivity index (χ0n) is 13.3. The van der Waals surface area contributed by atoms with Gasteiger partial charge in [-0.3, -0.25) is 0 Å². The zero-order valence-corrected chi connectivity index (χ0v) is 13.3. The fourth-order valence-corrected chi connectivity index (χ4v) is 2.49. The summed E-state index contributed by atoms with van der Waals surface area (Å²) in [4.78, 5) is 16.1. The van der Waals surface area contributed by atoms with Gasteiger partial charge in [0, 0.05) is 5.39 Å². The Hall–Kier alpha value is -3.14. The smallest absolute Gasteiger partial charge is 0.336 e. The molecule has 0 atom stereocenters. The first kappa shape index (κ1) is 15.7. The molecule has 24 heavy (non-hydrogen) atoms. The Morgan fingerprint density at radius 2 is 1.92 bits per heavy atom. The third-order valence-corrected chi connectivity index (χ3v) is 3.59. The van der Waals surface area contributed by atoms with Crippen molar-refractivity contribution in [3.63, 3.8) is 0 Å². The van der Waals surface area contributed by atoms with E-state index in [4.69, 9.17) is 4.74 Å². The van der Waals surface area contributed by atoms with Gasteiger partial charge in [-0.2, -0.15) is 0 Å². The van der Waals surface area contributed by atoms with Gasteiger partial charge in [0.05, 0.1) is 23.4 Å². The maximum atomic E-state index is 11.6. The third kappa shape index (κ3) is 3.43. The highest BCUT2D eigenvalue weighted by molar-refractivity contribution is 6.03. The summed E-state index contributed by atoms with van der Waals surface area (Å²) in [5.74, 6) is -0.340. The van der Waals surface area contributed by atoms with Crippen molar-refractivity contribution in [2.24, 2.45) is 0 Å². The van der Waals surface area contributed by atoms with Crippen molar-refractivity contribution >= 4 is 29.0 Å². The quantitative estimate of drug-likeness (QED) is 0.752. The second kappa shape index (κ2) is 6.96. The highest BCUT2D eigenvalue weighted by Crippen LogP contribution is 2.24. The minimum Gasteiger partial charge on any atom is -0.494 e. The lowest BCUT2D eigenvalue weighted by atomic mass is 10.1. The summed E-state index contributed by atoms with van der Waals surface area (Å²) in [7, 11) is 0. The van der Waals surface area contributed by atoms with Crippen molar-refractivity contribution in [1.82, 2.24) is 4.98 Å². The monoisotopic (exact) mass is 319 g/mol. The summed E-state index contributed by atoms with van der Waals surface area (Å²) in [6.45, 7) is 2.41. The Bertz CT molecular complexity index is 901. The number of carboxylic acids is 1. The molecule has 3 aromatic rings. The maximum absolute atomic E-state index is 11.6. The number of aromatic nitrogens is 1. The van der Waals surface area contributed by atoms with E-state index in [0.29, 0.717) is 29.0 Å². The molecule has 2 aromatic carbocycles. The Morgan fingerprint density at radius 3 is 2.62 bits per heavy atom. The second-order valence-electron chi connectivity index (χ2n) is 5.26. The molecule has 0 aliphatic carbocycles. The van der Waals surface area contributed by atoms with E-state index in [1.165, 1.54) is 0 Å². The standard InChI is InChI=1S/C20H17NO3/c1-2-24-16-10-11-19-17(13-16)18(20(22)23)12-15(21-19)9-8-14-6-4-3-5-7-14/h3-13H,2H2,1H3,(H,22,23)/b9-8+. The molecular weight excluding hydrogens is 302 g/mol. The lowest BCUT2D eigenvalue weighted by Crippen LogP contribution is -2.01. The molecule has 0 spiro atoms. The Labute approximate surface area is 140 Å². The van der Waals surface area contributed by atoms with Crippen LogP contribution in [0.3, 0.4) is 0 Å². The number of ether oxygens (including phenoxy) is 1. The average Bonchev–Trinajstić information content (AvgIpc) is 2.60. The van der Waals surface area contributed by atoms with Crippen molar-refractivity contribution in [1.29, 1.82) is 0 Å². The Kier molecular flexibility index (Phi) is 4.57. The molecule has 0 unspecified atom stereocenters. The van der Waals surface area contributed by atoms with Crippen LogP contribution >= 0.6 is 0 Å². The van der Waals surface area contributed by atoms with Crippen molar-refractivity contribution in [2.45, 2.75) is 6.92 Å². The van der Waals surface area contributed by atoms with E-state index in [-0.39, 0.29) is 5.56 Å². The fourth-order valence-electron chi connectivity index (χ4n) is 2.49. The van der Waals surface area contributed by atoms with E-state index < -0.39 is 5.97 Å². The van der Waals surface area contributed by atoms with Crippen LogP contribution in [0.25, 0.3) is 23.1 Å². The van der Waals surface area contributed by atoms with Crippen molar-refractivity contribution in [3.8, 4) is 5.75 Å². The molecule has 1 heterocycles. The van der Waals surface area contributed by atoms with Crippen LogP contribution in [0, 0.1) is 0 Å². The number of rotatable bonds is 5. The summed E-state index contributed by atoms with van der Waals surface area (Å²) in [5.41, 5.74) is 2.48. The van der Waals surface area contributed by atoms with Crippen LogP contribution in [0.15, 0.2) is 54.6 Å². The van der Waals surface area contributed by atoms with E-state index >= 15 is 0 Å². The molecule has 120 valence electrons. The van der Waals surface area contributed by atoms with Crippen LogP contribution in [0.2, 0.25) is 0 Å². The normalized spacial score (nSPS) is 11.0.